The van der Waals surface area contributed by atoms with Crippen LogP contribution < -0.4 is 5.73 Å². The molecule has 1 aromatic carbocycles. The second-order valence-corrected chi connectivity index (χ2v) is 5.75. The minimum absolute atomic E-state index is 0.276. The molecule has 6 heteroatoms. The zero-order chi connectivity index (χ0) is 15.5. The number of hydrogen-bond acceptors (Lipinski definition) is 2. The van der Waals surface area contributed by atoms with Crippen LogP contribution in [0.1, 0.15) is 16.8 Å². The molecule has 2 aromatic rings. The maximum absolute atomic E-state index is 12.6. The van der Waals surface area contributed by atoms with Gasteiger partial charge in [0.05, 0.1) is 5.56 Å². The molecule has 2 rings (SSSR count). The molecule has 0 aliphatic carbocycles. The fourth-order valence-corrected chi connectivity index (χ4v) is 2.28. The largest absolute Gasteiger partial charge is 0.416 e. The van der Waals surface area contributed by atoms with Crippen molar-refractivity contribution in [3.63, 3.8) is 0 Å². The first-order chi connectivity index (χ1) is 9.84. The number of halogens is 4. The summed E-state index contributed by atoms with van der Waals surface area (Å²) in [7, 11) is 0. The van der Waals surface area contributed by atoms with Gasteiger partial charge in [0.25, 0.3) is 0 Å². The molecule has 0 spiro atoms. The summed E-state index contributed by atoms with van der Waals surface area (Å²) in [5.74, 6) is 0. The van der Waals surface area contributed by atoms with Crippen LogP contribution in [-0.4, -0.2) is 11.0 Å². The maximum atomic E-state index is 12.6. The van der Waals surface area contributed by atoms with Gasteiger partial charge in [-0.1, -0.05) is 18.2 Å². The monoisotopic (exact) mass is 358 g/mol. The molecule has 0 aliphatic heterocycles. The molecule has 2 nitrogen and oxygen atoms in total. The average molecular weight is 359 g/mol. The molecule has 0 saturated heterocycles. The number of benzene rings is 1. The Kier molecular flexibility index (Phi) is 5.00. The van der Waals surface area contributed by atoms with Crippen LogP contribution >= 0.6 is 15.9 Å². The molecule has 0 saturated carbocycles. The highest BCUT2D eigenvalue weighted by Gasteiger charge is 2.30. The van der Waals surface area contributed by atoms with E-state index < -0.39 is 11.7 Å². The first-order valence-electron chi connectivity index (χ1n) is 6.37. The average Bonchev–Trinajstić information content (AvgIpc) is 2.41. The van der Waals surface area contributed by atoms with Crippen molar-refractivity contribution in [2.45, 2.75) is 25.1 Å². The molecule has 0 amide bonds. The van der Waals surface area contributed by atoms with Gasteiger partial charge in [-0.25, -0.2) is 0 Å². The number of nitrogens with two attached hydrogens (primary N) is 1. The number of nitrogens with zero attached hydrogens (tertiary/aromatic N) is 1. The van der Waals surface area contributed by atoms with Crippen molar-refractivity contribution in [3.8, 4) is 0 Å². The molecule has 1 unspecified atom stereocenters. The molecule has 21 heavy (non-hydrogen) atoms. The molecule has 0 fully saturated rings. The Labute approximate surface area is 129 Å². The van der Waals surface area contributed by atoms with Gasteiger partial charge in [0.15, 0.2) is 0 Å². The van der Waals surface area contributed by atoms with Gasteiger partial charge in [-0.15, -0.1) is 0 Å². The standard InChI is InChI=1S/C15H14BrF3N2/c16-12-4-5-14(21-9-12)8-13(20)7-10-2-1-3-11(6-10)15(17,18)19/h1-6,9,13H,7-8,20H2. The number of aromatic nitrogens is 1. The van der Waals surface area contributed by atoms with E-state index in [-0.39, 0.29) is 6.04 Å². The number of alkyl halides is 3. The molecule has 0 radical (unpaired) electrons. The Bertz CT molecular complexity index is 597. The van der Waals surface area contributed by atoms with Crippen molar-refractivity contribution in [2.75, 3.05) is 0 Å². The second kappa shape index (κ2) is 6.58. The van der Waals surface area contributed by atoms with Crippen LogP contribution in [0.4, 0.5) is 13.2 Å². The van der Waals surface area contributed by atoms with Gasteiger partial charge in [0.2, 0.25) is 0 Å². The molecular weight excluding hydrogens is 345 g/mol. The van der Waals surface area contributed by atoms with E-state index in [9.17, 15) is 13.2 Å². The Morgan fingerprint density at radius 3 is 2.52 bits per heavy atom. The van der Waals surface area contributed by atoms with E-state index >= 15 is 0 Å². The lowest BCUT2D eigenvalue weighted by atomic mass is 10.0. The summed E-state index contributed by atoms with van der Waals surface area (Å²) in [4.78, 5) is 4.21. The number of pyridine rings is 1. The van der Waals surface area contributed by atoms with Crippen molar-refractivity contribution in [3.05, 3.63) is 63.9 Å². The molecule has 1 atom stereocenters. The highest BCUT2D eigenvalue weighted by molar-refractivity contribution is 9.10. The van der Waals surface area contributed by atoms with Crippen molar-refractivity contribution >= 4 is 15.9 Å². The van der Waals surface area contributed by atoms with Crippen molar-refractivity contribution in [2.24, 2.45) is 5.73 Å². The smallest absolute Gasteiger partial charge is 0.327 e. The van der Waals surface area contributed by atoms with Crippen molar-refractivity contribution in [1.29, 1.82) is 0 Å². The maximum Gasteiger partial charge on any atom is 0.416 e. The van der Waals surface area contributed by atoms with Gasteiger partial charge in [0.1, 0.15) is 0 Å². The van der Waals surface area contributed by atoms with Crippen LogP contribution in [0, 0.1) is 0 Å². The van der Waals surface area contributed by atoms with Gasteiger partial charge >= 0.3 is 6.18 Å². The van der Waals surface area contributed by atoms with Gasteiger partial charge < -0.3 is 5.73 Å². The first kappa shape index (κ1) is 16.0. The van der Waals surface area contributed by atoms with E-state index in [1.165, 1.54) is 6.07 Å². The summed E-state index contributed by atoms with van der Waals surface area (Å²) in [5.41, 5.74) is 6.75. The lowest BCUT2D eigenvalue weighted by Gasteiger charge is -2.13. The lowest BCUT2D eigenvalue weighted by molar-refractivity contribution is -0.137. The summed E-state index contributed by atoms with van der Waals surface area (Å²) in [6, 6.07) is 8.70. The lowest BCUT2D eigenvalue weighted by Crippen LogP contribution is -2.26. The summed E-state index contributed by atoms with van der Waals surface area (Å²) < 4.78 is 38.8. The minimum atomic E-state index is -4.33. The second-order valence-electron chi connectivity index (χ2n) is 4.83. The third-order valence-electron chi connectivity index (χ3n) is 3.01. The highest BCUT2D eigenvalue weighted by atomic mass is 79.9. The molecule has 112 valence electrons. The molecule has 1 aromatic heterocycles. The van der Waals surface area contributed by atoms with E-state index in [4.69, 9.17) is 5.73 Å². The van der Waals surface area contributed by atoms with Crippen LogP contribution in [0.5, 0.6) is 0 Å². The quantitative estimate of drug-likeness (QED) is 0.897. The van der Waals surface area contributed by atoms with Crippen LogP contribution in [0.15, 0.2) is 47.1 Å². The zero-order valence-corrected chi connectivity index (χ0v) is 12.7. The van der Waals surface area contributed by atoms with E-state index in [0.29, 0.717) is 18.4 Å². The molecular formula is C15H14BrF3N2. The van der Waals surface area contributed by atoms with Crippen molar-refractivity contribution < 1.29 is 13.2 Å². The first-order valence-corrected chi connectivity index (χ1v) is 7.16. The SMILES string of the molecule is NC(Cc1cccc(C(F)(F)F)c1)Cc1ccc(Br)cn1. The third-order valence-corrected chi connectivity index (χ3v) is 3.48. The fourth-order valence-electron chi connectivity index (χ4n) is 2.05. The van der Waals surface area contributed by atoms with Crippen LogP contribution in [-0.2, 0) is 19.0 Å². The Hall–Kier alpha value is -1.40. The predicted molar refractivity (Wildman–Crippen MR) is 78.8 cm³/mol. The van der Waals surface area contributed by atoms with Crippen molar-refractivity contribution in [1.82, 2.24) is 4.98 Å². The Morgan fingerprint density at radius 1 is 1.14 bits per heavy atom. The summed E-state index contributed by atoms with van der Waals surface area (Å²) in [6.45, 7) is 0. The van der Waals surface area contributed by atoms with E-state index in [2.05, 4.69) is 20.9 Å². The number of rotatable bonds is 4. The van der Waals surface area contributed by atoms with Gasteiger partial charge in [-0.05, 0) is 46.1 Å². The van der Waals surface area contributed by atoms with Crippen LogP contribution in [0.3, 0.4) is 0 Å². The fraction of sp³-hybridized carbons (Fsp3) is 0.267. The van der Waals surface area contributed by atoms with E-state index in [1.54, 1.807) is 12.3 Å². The topological polar surface area (TPSA) is 38.9 Å². The van der Waals surface area contributed by atoms with E-state index in [0.717, 1.165) is 22.3 Å². The van der Waals surface area contributed by atoms with Crippen LogP contribution in [0.2, 0.25) is 0 Å². The molecule has 0 bridgehead atoms. The molecule has 1 heterocycles. The molecule has 2 N–H and O–H groups in total. The summed E-state index contributed by atoms with van der Waals surface area (Å²) >= 11 is 3.29. The summed E-state index contributed by atoms with van der Waals surface area (Å²) in [5, 5.41) is 0. The Balaban J connectivity index is 2.02. The molecule has 0 aliphatic rings. The highest BCUT2D eigenvalue weighted by Crippen LogP contribution is 2.29. The minimum Gasteiger partial charge on any atom is -0.327 e. The number of hydrogen-bond donors (Lipinski definition) is 1. The Morgan fingerprint density at radius 2 is 1.90 bits per heavy atom. The van der Waals surface area contributed by atoms with Gasteiger partial charge in [-0.2, -0.15) is 13.2 Å². The predicted octanol–water partition coefficient (Wildman–Crippen LogP) is 3.98. The van der Waals surface area contributed by atoms with Crippen LogP contribution in [0.25, 0.3) is 0 Å². The third kappa shape index (κ3) is 4.82. The normalized spacial score (nSPS) is 13.2. The summed E-state index contributed by atoms with van der Waals surface area (Å²) in [6.07, 6.45) is -1.76. The zero-order valence-electron chi connectivity index (χ0n) is 11.1. The van der Waals surface area contributed by atoms with E-state index in [1.807, 2.05) is 12.1 Å². The van der Waals surface area contributed by atoms with Gasteiger partial charge in [-0.3, -0.25) is 4.98 Å². The van der Waals surface area contributed by atoms with Gasteiger partial charge in [0, 0.05) is 28.8 Å².